The van der Waals surface area contributed by atoms with Gasteiger partial charge in [0.15, 0.2) is 17.5 Å². The van der Waals surface area contributed by atoms with Crippen molar-refractivity contribution < 1.29 is 100 Å². The Morgan fingerprint density at radius 3 is 1.59 bits per heavy atom. The molecule has 1 saturated heterocycles. The second-order valence-electron chi connectivity index (χ2n) is 33.1. The highest BCUT2D eigenvalue weighted by Crippen LogP contribution is 2.25. The number of aromatic amines is 1. The number of nitrogens with one attached hydrogen (secondary N) is 10. The number of halogens is 3. The van der Waals surface area contributed by atoms with Gasteiger partial charge >= 0.3 is 5.97 Å². The number of likely N-dealkylation sites (N-methyl/N-ethyl adjacent to an activating group) is 5. The molecule has 0 saturated carbocycles. The van der Waals surface area contributed by atoms with E-state index in [1.54, 1.807) is 124 Å². The number of H-pyrrole nitrogens is 1. The number of carboxylic acid groups (broad SMARTS) is 1. The molecule has 2 aromatic heterocycles. The number of unbranched alkanes of at least 4 members (excludes halogenated alkanes) is 1. The molecule has 0 bridgehead atoms. The summed E-state index contributed by atoms with van der Waals surface area (Å²) in [7, 11) is 6.14. The summed E-state index contributed by atoms with van der Waals surface area (Å²) in [6.45, 7) is 5.83. The third-order valence-electron chi connectivity index (χ3n) is 22.1. The van der Waals surface area contributed by atoms with Crippen LogP contribution in [-0.4, -0.2) is 272 Å². The molecule has 8 rings (SSSR count). The normalized spacial score (nSPS) is 21.8. The molecule has 11 atom stereocenters. The number of amides is 15. The Balaban J connectivity index is 1.22. The van der Waals surface area contributed by atoms with Crippen LogP contribution in [0.3, 0.4) is 0 Å². The van der Waals surface area contributed by atoms with E-state index in [0.29, 0.717) is 69.0 Å². The number of phenolic OH excluding ortho intramolecular Hbond substituents is 1. The Morgan fingerprint density at radius 1 is 0.511 bits per heavy atom. The molecule has 0 spiro atoms. The molecule has 0 unspecified atom stereocenters. The zero-order valence-corrected chi connectivity index (χ0v) is 75.3. The van der Waals surface area contributed by atoms with Crippen molar-refractivity contribution in [1.82, 2.24) is 82.3 Å². The molecule has 35 nitrogen and oxygen atoms in total. The first kappa shape index (κ1) is 103. The number of benzene rings is 5. The number of para-hydroxylation sites is 1. The van der Waals surface area contributed by atoms with Crippen LogP contribution in [0, 0.1) is 29.3 Å². The number of pyridine rings is 1. The number of phenols is 1. The van der Waals surface area contributed by atoms with Gasteiger partial charge in [-0.3, -0.25) is 81.7 Å². The molecule has 15 amide bonds. The molecule has 0 radical (unpaired) electrons. The van der Waals surface area contributed by atoms with E-state index in [2.05, 4.69) is 57.8 Å². The molecule has 7 aromatic rings. The number of rotatable bonds is 23. The summed E-state index contributed by atoms with van der Waals surface area (Å²) >= 11 is 0.678. The average molecular weight is 1840 g/mol. The Bertz CT molecular complexity index is 5190. The van der Waals surface area contributed by atoms with Gasteiger partial charge in [0.1, 0.15) is 72.2 Å². The van der Waals surface area contributed by atoms with Crippen LogP contribution in [0.2, 0.25) is 0 Å². The van der Waals surface area contributed by atoms with Crippen LogP contribution in [-0.2, 0) is 115 Å². The SMILES string of the molecule is CCCC[C@H]1C(=O)N(C)CC(=O)N[C@@H](CC(=O)O)C(=O)N[C@@H](C(C)C)C(=O)N(C)[C@@H](Cc2ccccc2)C(=O)N[C@@H](Cc2ccc(O)cc2)C(=O)N(C)CC(=O)N[C@@H](Cc2c[nH]c3ccccc23)C(=O)N[C@@H](Cc2ccncc2)C(=O)N[C@@H](CC(C)C)C(=O)N[C@H](C(=O)NCC(N)=O)CSCC(=O)N[C@@H](Cc2cc(F)c(F)c(F)c2)C(=O)N(C)[C@@H](Cc2ccccc2)C(=O)N1C. The van der Waals surface area contributed by atoms with Gasteiger partial charge in [-0.25, -0.2) is 13.2 Å². The fourth-order valence-electron chi connectivity index (χ4n) is 14.9. The number of aromatic hydroxyl groups is 1. The zero-order valence-electron chi connectivity index (χ0n) is 74.5. The van der Waals surface area contributed by atoms with Gasteiger partial charge in [0.25, 0.3) is 0 Å². The first-order valence-corrected chi connectivity index (χ1v) is 43.8. The summed E-state index contributed by atoms with van der Waals surface area (Å²) in [5.41, 5.74) is 7.99. The Labute approximate surface area is 760 Å². The Morgan fingerprint density at radius 2 is 1.00 bits per heavy atom. The lowest BCUT2D eigenvalue weighted by atomic mass is 9.98. The van der Waals surface area contributed by atoms with Crippen LogP contribution in [0.15, 0.2) is 152 Å². The van der Waals surface area contributed by atoms with E-state index in [1.165, 1.54) is 85.7 Å². The molecule has 0 aliphatic carbocycles. The molecule has 5 aromatic carbocycles. The molecule has 131 heavy (non-hydrogen) atoms. The van der Waals surface area contributed by atoms with E-state index in [1.807, 2.05) is 0 Å². The molecular formula is C92H114F3N17O18S. The minimum absolute atomic E-state index is 0.0691. The predicted octanol–water partition coefficient (Wildman–Crippen LogP) is 2.43. The lowest BCUT2D eigenvalue weighted by Crippen LogP contribution is -2.61. The first-order chi connectivity index (χ1) is 62.2. The molecule has 39 heteroatoms. The van der Waals surface area contributed by atoms with Crippen molar-refractivity contribution in [3.63, 3.8) is 0 Å². The standard InChI is InChI=1S/C92H114F3N17O18S/c1-11-12-27-72-90(128)109(7)49-77(116)101-68(45-79(118)119)86(124)107-81(53(4)5)92(130)111(9)73(42-54-21-15-13-16-22-54)87(125)105-69(40-56-28-30-60(113)31-29-56)88(126)108(6)48-76(115)100-67(44-59-46-98-64-26-20-19-25-61(59)64)85(123)104-66(39-57-32-34-97-35-33-57)84(122)103-65(36-52(2)3)83(121)106-71(82(120)99-47-75(96)114)50-131-51-78(117)102-70(41-58-37-62(93)80(95)63(94)38-58)89(127)112(10)74(91(129)110(72)8)43-55-23-17-14-18-24-55/h13-26,28-35,37-38,46,52-53,65-74,81,98,113H,11-12,27,36,39-45,47-51H2,1-10H3,(H2,96,114)(H,99,120)(H,100,115)(H,101,116)(H,102,117)(H,103,122)(H,104,123)(H,105,125)(H,106,121)(H,107,124)(H,118,119)/t65-,66-,67-,68-,69-,70-,71-,72-,73-,74-,81-/m0/s1. The second kappa shape index (κ2) is 49.1. The fourth-order valence-corrected chi connectivity index (χ4v) is 15.8. The van der Waals surface area contributed by atoms with Crippen molar-refractivity contribution in [2.24, 2.45) is 17.6 Å². The summed E-state index contributed by atoms with van der Waals surface area (Å²) in [6.07, 6.45) is 1.75. The number of nitrogens with two attached hydrogens (primary N) is 1. The van der Waals surface area contributed by atoms with E-state index < -0.39 is 234 Å². The maximum absolute atomic E-state index is 15.5. The summed E-state index contributed by atoms with van der Waals surface area (Å²) in [5, 5.41) is 44.6. The lowest BCUT2D eigenvalue weighted by Gasteiger charge is -2.37. The summed E-state index contributed by atoms with van der Waals surface area (Å²) in [4.78, 5) is 247. The van der Waals surface area contributed by atoms with Crippen molar-refractivity contribution in [3.8, 4) is 5.75 Å². The number of aliphatic carboxylic acids is 1. The average Bonchev–Trinajstić information content (AvgIpc) is 1.38. The van der Waals surface area contributed by atoms with Crippen molar-refractivity contribution in [1.29, 1.82) is 0 Å². The summed E-state index contributed by atoms with van der Waals surface area (Å²) in [6, 6.07) is 15.5. The van der Waals surface area contributed by atoms with Crippen LogP contribution in [0.4, 0.5) is 13.2 Å². The zero-order chi connectivity index (χ0) is 96.0. The highest BCUT2D eigenvalue weighted by atomic mass is 32.2. The maximum atomic E-state index is 15.5. The lowest BCUT2D eigenvalue weighted by molar-refractivity contribution is -0.151. The third-order valence-corrected chi connectivity index (χ3v) is 23.1. The quantitative estimate of drug-likeness (QED) is 0.0409. The Hall–Kier alpha value is -13.8. The molecule has 3 heterocycles. The van der Waals surface area contributed by atoms with Gasteiger partial charge in [0.05, 0.1) is 31.8 Å². The number of hydrogen-bond acceptors (Lipinski definition) is 19. The van der Waals surface area contributed by atoms with Gasteiger partial charge in [-0.2, -0.15) is 0 Å². The van der Waals surface area contributed by atoms with Crippen molar-refractivity contribution in [2.45, 2.75) is 172 Å². The van der Waals surface area contributed by atoms with E-state index in [0.717, 1.165) is 24.5 Å². The minimum atomic E-state index is -1.96. The fraction of sp³-hybridized carbons (Fsp3) is 0.424. The number of carboxylic acids is 1. The van der Waals surface area contributed by atoms with E-state index in [-0.39, 0.29) is 62.7 Å². The third kappa shape index (κ3) is 30.4. The van der Waals surface area contributed by atoms with Gasteiger partial charge in [-0.15, -0.1) is 11.8 Å². The first-order valence-electron chi connectivity index (χ1n) is 42.7. The van der Waals surface area contributed by atoms with E-state index >= 15 is 42.3 Å². The van der Waals surface area contributed by atoms with Gasteiger partial charge in [0, 0.05) is 109 Å². The number of fused-ring (bicyclic) bond motifs is 1. The topological polar surface area (TPSA) is 493 Å². The Kier molecular flexibility index (Phi) is 38.5. The van der Waals surface area contributed by atoms with Crippen LogP contribution >= 0.6 is 11.8 Å². The molecule has 1 fully saturated rings. The highest BCUT2D eigenvalue weighted by molar-refractivity contribution is 8.00. The van der Waals surface area contributed by atoms with Crippen molar-refractivity contribution in [2.75, 3.05) is 66.4 Å². The molecule has 1 aliphatic rings. The van der Waals surface area contributed by atoms with Crippen molar-refractivity contribution in [3.05, 3.63) is 203 Å². The second-order valence-corrected chi connectivity index (χ2v) is 34.2. The number of hydrogen-bond donors (Lipinski definition) is 13. The van der Waals surface area contributed by atoms with Gasteiger partial charge in [0.2, 0.25) is 88.6 Å². The van der Waals surface area contributed by atoms with Gasteiger partial charge < -0.3 is 93.3 Å². The largest absolute Gasteiger partial charge is 0.508 e. The maximum Gasteiger partial charge on any atom is 0.305 e. The van der Waals surface area contributed by atoms with Crippen LogP contribution < -0.4 is 53.6 Å². The van der Waals surface area contributed by atoms with Crippen LogP contribution in [0.1, 0.15) is 100 Å². The van der Waals surface area contributed by atoms with E-state index in [9.17, 15) is 57.8 Å². The highest BCUT2D eigenvalue weighted by Gasteiger charge is 2.43. The number of carbonyl (C=O) groups is 16. The van der Waals surface area contributed by atoms with Crippen LogP contribution in [0.5, 0.6) is 5.75 Å². The van der Waals surface area contributed by atoms with Crippen molar-refractivity contribution >= 4 is 117 Å². The van der Waals surface area contributed by atoms with E-state index in [4.69, 9.17) is 5.73 Å². The molecular weight excluding hydrogens is 1720 g/mol. The minimum Gasteiger partial charge on any atom is -0.508 e. The van der Waals surface area contributed by atoms with Gasteiger partial charge in [-0.1, -0.05) is 138 Å². The molecule has 1 aliphatic heterocycles. The smallest absolute Gasteiger partial charge is 0.305 e. The monoisotopic (exact) mass is 1830 g/mol. The number of primary amides is 1. The number of nitrogens with zero attached hydrogens (tertiary/aromatic N) is 6. The molecule has 14 N–H and O–H groups in total. The molecule has 702 valence electrons. The number of thioether (sulfide) groups is 1. The van der Waals surface area contributed by atoms with Crippen LogP contribution in [0.25, 0.3) is 10.9 Å². The summed E-state index contributed by atoms with van der Waals surface area (Å²) in [5.74, 6) is -24.2. The number of carbonyl (C=O) groups excluding carboxylic acids is 15. The number of aromatic nitrogens is 2. The predicted molar refractivity (Wildman–Crippen MR) is 478 cm³/mol. The summed E-state index contributed by atoms with van der Waals surface area (Å²) < 4.78 is 44.9. The van der Waals surface area contributed by atoms with Gasteiger partial charge in [-0.05, 0) is 101 Å².